The van der Waals surface area contributed by atoms with Gasteiger partial charge in [-0.3, -0.25) is 0 Å². The van der Waals surface area contributed by atoms with Gasteiger partial charge in [0.15, 0.2) is 0 Å². The highest BCUT2D eigenvalue weighted by molar-refractivity contribution is 5.67. The maximum absolute atomic E-state index is 11.7. The third-order valence-corrected chi connectivity index (χ3v) is 4.50. The van der Waals surface area contributed by atoms with E-state index in [1.807, 2.05) is 33.8 Å². The van der Waals surface area contributed by atoms with Gasteiger partial charge >= 0.3 is 6.09 Å². The Kier molecular flexibility index (Phi) is 6.89. The molecule has 0 aromatic heterocycles. The molecule has 146 valence electrons. The minimum absolute atomic E-state index is 0.304. The van der Waals surface area contributed by atoms with Gasteiger partial charge in [0, 0.05) is 12.5 Å². The second-order valence-electron chi connectivity index (χ2n) is 7.93. The average molecular weight is 370 g/mol. The molecule has 0 saturated carbocycles. The second kappa shape index (κ2) is 8.94. The second-order valence-corrected chi connectivity index (χ2v) is 7.93. The van der Waals surface area contributed by atoms with Crippen LogP contribution in [0.2, 0.25) is 0 Å². The van der Waals surface area contributed by atoms with Crippen molar-refractivity contribution in [1.29, 1.82) is 0 Å². The van der Waals surface area contributed by atoms with Crippen LogP contribution < -0.4 is 5.32 Å². The molecule has 2 aromatic carbocycles. The van der Waals surface area contributed by atoms with E-state index >= 15 is 0 Å². The van der Waals surface area contributed by atoms with Gasteiger partial charge in [-0.15, -0.1) is 0 Å². The Morgan fingerprint density at radius 3 is 2.30 bits per heavy atom. The molecule has 1 atom stereocenters. The number of nitrogens with one attached hydrogen (secondary N) is 1. The molecule has 1 amide bonds. The van der Waals surface area contributed by atoms with Crippen LogP contribution in [0.25, 0.3) is 0 Å². The molecular formula is C23H31NO3. The standard InChI is InChI=1S/C23H31NO3/c1-6-20(19-11-12-21(25)16(2)15-19)18-9-7-17(8-10-18)13-14-24-22(26)27-23(3,4)5/h7-12,15,20,25H,6,13-14H2,1-5H3,(H,24,26). The van der Waals surface area contributed by atoms with Gasteiger partial charge in [-0.05, 0) is 68.9 Å². The minimum Gasteiger partial charge on any atom is -0.508 e. The number of phenolic OH excluding ortho intramolecular Hbond substituents is 1. The van der Waals surface area contributed by atoms with Crippen LogP contribution in [0.3, 0.4) is 0 Å². The Bertz CT molecular complexity index is 760. The summed E-state index contributed by atoms with van der Waals surface area (Å²) in [6.07, 6.45) is 1.37. The Morgan fingerprint density at radius 2 is 1.74 bits per heavy atom. The summed E-state index contributed by atoms with van der Waals surface area (Å²) in [5.74, 6) is 0.639. The highest BCUT2D eigenvalue weighted by Crippen LogP contribution is 2.30. The van der Waals surface area contributed by atoms with E-state index in [-0.39, 0.29) is 6.09 Å². The topological polar surface area (TPSA) is 58.6 Å². The quantitative estimate of drug-likeness (QED) is 0.725. The lowest BCUT2D eigenvalue weighted by Gasteiger charge is -2.19. The van der Waals surface area contributed by atoms with E-state index in [0.717, 1.165) is 18.4 Å². The maximum Gasteiger partial charge on any atom is 0.407 e. The first-order valence-electron chi connectivity index (χ1n) is 9.55. The first-order chi connectivity index (χ1) is 12.7. The van der Waals surface area contributed by atoms with E-state index in [1.54, 1.807) is 6.07 Å². The van der Waals surface area contributed by atoms with Gasteiger partial charge < -0.3 is 15.2 Å². The molecule has 2 N–H and O–H groups in total. The summed E-state index contributed by atoms with van der Waals surface area (Å²) in [6.45, 7) is 10.2. The summed E-state index contributed by atoms with van der Waals surface area (Å²) in [4.78, 5) is 11.7. The molecule has 1 unspecified atom stereocenters. The zero-order valence-corrected chi connectivity index (χ0v) is 17.0. The van der Waals surface area contributed by atoms with Gasteiger partial charge in [0.2, 0.25) is 0 Å². The molecule has 0 saturated heterocycles. The summed E-state index contributed by atoms with van der Waals surface area (Å²) in [5, 5.41) is 12.5. The molecule has 4 nitrogen and oxygen atoms in total. The molecule has 2 aromatic rings. The number of carbonyl (C=O) groups is 1. The van der Waals surface area contributed by atoms with E-state index in [1.165, 1.54) is 16.7 Å². The van der Waals surface area contributed by atoms with Gasteiger partial charge in [-0.1, -0.05) is 43.3 Å². The SMILES string of the molecule is CCC(c1ccc(CCNC(=O)OC(C)(C)C)cc1)c1ccc(O)c(C)c1. The van der Waals surface area contributed by atoms with Crippen molar-refractivity contribution < 1.29 is 14.6 Å². The number of rotatable bonds is 6. The first-order valence-corrected chi connectivity index (χ1v) is 9.55. The van der Waals surface area contributed by atoms with E-state index in [0.29, 0.717) is 18.2 Å². The zero-order chi connectivity index (χ0) is 20.0. The normalized spacial score (nSPS) is 12.5. The number of ether oxygens (including phenoxy) is 1. The van der Waals surface area contributed by atoms with Crippen LogP contribution in [0.4, 0.5) is 4.79 Å². The third-order valence-electron chi connectivity index (χ3n) is 4.50. The molecule has 0 heterocycles. The van der Waals surface area contributed by atoms with E-state index in [4.69, 9.17) is 4.74 Å². The van der Waals surface area contributed by atoms with Crippen LogP contribution in [0.1, 0.15) is 62.3 Å². The fourth-order valence-electron chi connectivity index (χ4n) is 3.10. The van der Waals surface area contributed by atoms with Crippen LogP contribution in [0.5, 0.6) is 5.75 Å². The van der Waals surface area contributed by atoms with Crippen molar-refractivity contribution in [3.05, 3.63) is 64.7 Å². The average Bonchev–Trinajstić information content (AvgIpc) is 2.58. The minimum atomic E-state index is -0.479. The highest BCUT2D eigenvalue weighted by atomic mass is 16.6. The number of aryl methyl sites for hydroxylation is 1. The van der Waals surface area contributed by atoms with Crippen molar-refractivity contribution in [1.82, 2.24) is 5.32 Å². The summed E-state index contributed by atoms with van der Waals surface area (Å²) in [5.41, 5.74) is 4.06. The number of hydrogen-bond acceptors (Lipinski definition) is 3. The van der Waals surface area contributed by atoms with Crippen molar-refractivity contribution in [3.8, 4) is 5.75 Å². The monoisotopic (exact) mass is 369 g/mol. The summed E-state index contributed by atoms with van der Waals surface area (Å²) in [6, 6.07) is 14.4. The smallest absolute Gasteiger partial charge is 0.407 e. The predicted octanol–water partition coefficient (Wildman–Crippen LogP) is 5.31. The van der Waals surface area contributed by atoms with Crippen LogP contribution in [0, 0.1) is 6.92 Å². The number of phenols is 1. The summed E-state index contributed by atoms with van der Waals surface area (Å²) in [7, 11) is 0. The molecule has 2 rings (SSSR count). The molecule has 0 fully saturated rings. The van der Waals surface area contributed by atoms with E-state index in [9.17, 15) is 9.90 Å². The maximum atomic E-state index is 11.7. The van der Waals surface area contributed by atoms with Gasteiger partial charge in [0.1, 0.15) is 11.4 Å². The molecule has 27 heavy (non-hydrogen) atoms. The summed E-state index contributed by atoms with van der Waals surface area (Å²) >= 11 is 0. The van der Waals surface area contributed by atoms with E-state index in [2.05, 4.69) is 42.6 Å². The molecule has 0 aliphatic carbocycles. The molecule has 0 radical (unpaired) electrons. The number of aromatic hydroxyl groups is 1. The van der Waals surface area contributed by atoms with Crippen molar-refractivity contribution in [2.75, 3.05) is 6.54 Å². The van der Waals surface area contributed by atoms with Crippen molar-refractivity contribution in [2.45, 2.75) is 59.0 Å². The van der Waals surface area contributed by atoms with Gasteiger partial charge in [-0.2, -0.15) is 0 Å². The van der Waals surface area contributed by atoms with Gasteiger partial charge in [0.05, 0.1) is 0 Å². The van der Waals surface area contributed by atoms with Crippen molar-refractivity contribution in [2.24, 2.45) is 0 Å². The lowest BCUT2D eigenvalue weighted by Crippen LogP contribution is -2.33. The van der Waals surface area contributed by atoms with Crippen molar-refractivity contribution >= 4 is 6.09 Å². The number of benzene rings is 2. The Hall–Kier alpha value is -2.49. The molecule has 4 heteroatoms. The fourth-order valence-corrected chi connectivity index (χ4v) is 3.10. The van der Waals surface area contributed by atoms with E-state index < -0.39 is 5.60 Å². The number of amides is 1. The molecule has 0 spiro atoms. The largest absolute Gasteiger partial charge is 0.508 e. The zero-order valence-electron chi connectivity index (χ0n) is 17.0. The predicted molar refractivity (Wildman–Crippen MR) is 109 cm³/mol. The molecule has 0 bridgehead atoms. The van der Waals surface area contributed by atoms with Gasteiger partial charge in [-0.25, -0.2) is 4.79 Å². The van der Waals surface area contributed by atoms with Crippen LogP contribution >= 0.6 is 0 Å². The Labute approximate surface area is 162 Å². The fraction of sp³-hybridized carbons (Fsp3) is 0.435. The third kappa shape index (κ3) is 6.31. The Morgan fingerprint density at radius 1 is 1.11 bits per heavy atom. The van der Waals surface area contributed by atoms with Crippen LogP contribution in [-0.2, 0) is 11.2 Å². The molecule has 0 aliphatic rings. The van der Waals surface area contributed by atoms with Crippen LogP contribution in [0.15, 0.2) is 42.5 Å². The lowest BCUT2D eigenvalue weighted by molar-refractivity contribution is 0.0528. The number of carbonyl (C=O) groups excluding carboxylic acids is 1. The van der Waals surface area contributed by atoms with Gasteiger partial charge in [0.25, 0.3) is 0 Å². The molecular weight excluding hydrogens is 338 g/mol. The first kappa shape index (κ1) is 20.8. The lowest BCUT2D eigenvalue weighted by atomic mass is 9.87. The summed E-state index contributed by atoms with van der Waals surface area (Å²) < 4.78 is 5.24. The number of alkyl carbamates (subject to hydrolysis) is 1. The highest BCUT2D eigenvalue weighted by Gasteiger charge is 2.16. The number of hydrogen-bond donors (Lipinski definition) is 2. The van der Waals surface area contributed by atoms with Crippen molar-refractivity contribution in [3.63, 3.8) is 0 Å². The van der Waals surface area contributed by atoms with Crippen LogP contribution in [-0.4, -0.2) is 23.3 Å². The molecule has 0 aliphatic heterocycles. The Balaban J connectivity index is 1.97.